The summed E-state index contributed by atoms with van der Waals surface area (Å²) in [5.74, 6) is 0.889. The highest BCUT2D eigenvalue weighted by Crippen LogP contribution is 2.18. The van der Waals surface area contributed by atoms with Gasteiger partial charge in [-0.25, -0.2) is 4.98 Å². The quantitative estimate of drug-likeness (QED) is 0.609. The van der Waals surface area contributed by atoms with E-state index in [1.54, 1.807) is 24.0 Å². The summed E-state index contributed by atoms with van der Waals surface area (Å²) in [5, 5.41) is 1.51. The second kappa shape index (κ2) is 6.57. The molecule has 18 heavy (non-hydrogen) atoms. The summed E-state index contributed by atoms with van der Waals surface area (Å²) < 4.78 is 0. The van der Waals surface area contributed by atoms with Crippen LogP contribution in [0.3, 0.4) is 0 Å². The summed E-state index contributed by atoms with van der Waals surface area (Å²) in [4.78, 5) is 16.0. The van der Waals surface area contributed by atoms with E-state index in [-0.39, 0.29) is 5.78 Å². The van der Waals surface area contributed by atoms with Crippen LogP contribution in [0.5, 0.6) is 0 Å². The lowest BCUT2D eigenvalue weighted by atomic mass is 10.1. The van der Waals surface area contributed by atoms with Crippen LogP contribution >= 0.6 is 23.4 Å². The molecule has 0 N–H and O–H groups in total. The zero-order valence-electron chi connectivity index (χ0n) is 9.67. The average Bonchev–Trinajstić information content (AvgIpc) is 2.42. The van der Waals surface area contributed by atoms with Crippen molar-refractivity contribution in [3.63, 3.8) is 0 Å². The number of nitrogens with zero attached hydrogens (tertiary/aromatic N) is 1. The first-order valence-electron chi connectivity index (χ1n) is 5.58. The Kier molecular flexibility index (Phi) is 4.79. The molecule has 0 aliphatic carbocycles. The second-order valence-corrected chi connectivity index (χ2v) is 5.25. The van der Waals surface area contributed by atoms with Crippen molar-refractivity contribution in [1.29, 1.82) is 0 Å². The molecular weight excluding hydrogens is 266 g/mol. The van der Waals surface area contributed by atoms with Gasteiger partial charge in [0.05, 0.1) is 10.0 Å². The number of carbonyl (C=O) groups is 1. The number of ketones is 1. The molecule has 92 valence electrons. The summed E-state index contributed by atoms with van der Waals surface area (Å²) >= 11 is 7.31. The molecule has 0 spiro atoms. The monoisotopic (exact) mass is 277 g/mol. The van der Waals surface area contributed by atoms with Gasteiger partial charge in [0.2, 0.25) is 0 Å². The van der Waals surface area contributed by atoms with Crippen LogP contribution in [0, 0.1) is 0 Å². The number of halogens is 1. The first kappa shape index (κ1) is 13.1. The zero-order chi connectivity index (χ0) is 12.8. The highest BCUT2D eigenvalue weighted by molar-refractivity contribution is 7.99. The van der Waals surface area contributed by atoms with Crippen LogP contribution < -0.4 is 0 Å². The molecule has 0 aliphatic heterocycles. The lowest BCUT2D eigenvalue weighted by Crippen LogP contribution is -2.00. The molecule has 0 bridgehead atoms. The molecule has 2 rings (SSSR count). The number of hydrogen-bond acceptors (Lipinski definition) is 3. The van der Waals surface area contributed by atoms with Gasteiger partial charge >= 0.3 is 0 Å². The van der Waals surface area contributed by atoms with E-state index in [1.807, 2.05) is 36.4 Å². The van der Waals surface area contributed by atoms with Gasteiger partial charge < -0.3 is 0 Å². The van der Waals surface area contributed by atoms with Gasteiger partial charge in [0.15, 0.2) is 5.78 Å². The van der Waals surface area contributed by atoms with Crippen molar-refractivity contribution in [2.45, 2.75) is 11.4 Å². The fourth-order valence-electron chi connectivity index (χ4n) is 1.46. The standard InChI is InChI=1S/C14H12ClNOS/c15-12-6-7-14(16-10-12)18-9-8-13(17)11-4-2-1-3-5-11/h1-7,10H,8-9H2. The molecule has 1 aromatic heterocycles. The maximum absolute atomic E-state index is 11.8. The number of carbonyl (C=O) groups excluding carboxylic acids is 1. The number of aromatic nitrogens is 1. The van der Waals surface area contributed by atoms with E-state index in [0.29, 0.717) is 11.4 Å². The number of hydrogen-bond donors (Lipinski definition) is 0. The summed E-state index contributed by atoms with van der Waals surface area (Å²) in [5.41, 5.74) is 0.766. The maximum atomic E-state index is 11.8. The number of pyridine rings is 1. The Hall–Kier alpha value is -1.32. The highest BCUT2D eigenvalue weighted by Gasteiger charge is 2.05. The van der Waals surface area contributed by atoms with E-state index >= 15 is 0 Å². The van der Waals surface area contributed by atoms with Crippen LogP contribution in [0.2, 0.25) is 5.02 Å². The van der Waals surface area contributed by atoms with Crippen LogP contribution in [-0.2, 0) is 0 Å². The van der Waals surface area contributed by atoms with Gasteiger partial charge in [0, 0.05) is 23.9 Å². The number of Topliss-reactive ketones (excluding diaryl/α,β-unsaturated/α-hetero) is 1. The Morgan fingerprint density at radius 3 is 2.61 bits per heavy atom. The summed E-state index contributed by atoms with van der Waals surface area (Å²) in [6, 6.07) is 13.0. The van der Waals surface area contributed by atoms with Crippen molar-refractivity contribution in [3.8, 4) is 0 Å². The molecule has 0 saturated heterocycles. The van der Waals surface area contributed by atoms with E-state index in [9.17, 15) is 4.79 Å². The van der Waals surface area contributed by atoms with Crippen LogP contribution in [0.4, 0.5) is 0 Å². The van der Waals surface area contributed by atoms with Gasteiger partial charge in [-0.05, 0) is 12.1 Å². The van der Waals surface area contributed by atoms with Crippen LogP contribution in [0.1, 0.15) is 16.8 Å². The fraction of sp³-hybridized carbons (Fsp3) is 0.143. The molecular formula is C14H12ClNOS. The van der Waals surface area contributed by atoms with E-state index in [1.165, 1.54) is 0 Å². The van der Waals surface area contributed by atoms with Gasteiger partial charge in [-0.2, -0.15) is 0 Å². The largest absolute Gasteiger partial charge is 0.294 e. The maximum Gasteiger partial charge on any atom is 0.163 e. The number of rotatable bonds is 5. The minimum absolute atomic E-state index is 0.164. The predicted molar refractivity (Wildman–Crippen MR) is 75.4 cm³/mol. The van der Waals surface area contributed by atoms with E-state index in [4.69, 9.17) is 11.6 Å². The van der Waals surface area contributed by atoms with Crippen LogP contribution in [-0.4, -0.2) is 16.5 Å². The Morgan fingerprint density at radius 1 is 1.17 bits per heavy atom. The molecule has 0 aliphatic rings. The molecule has 4 heteroatoms. The Labute approximate surface area is 115 Å². The number of benzene rings is 1. The van der Waals surface area contributed by atoms with E-state index in [0.717, 1.165) is 16.3 Å². The Balaban J connectivity index is 1.82. The van der Waals surface area contributed by atoms with Crippen molar-refractivity contribution in [2.75, 3.05) is 5.75 Å². The van der Waals surface area contributed by atoms with Crippen molar-refractivity contribution < 1.29 is 4.79 Å². The van der Waals surface area contributed by atoms with Gasteiger partial charge in [0.25, 0.3) is 0 Å². The lowest BCUT2D eigenvalue weighted by Gasteiger charge is -2.01. The van der Waals surface area contributed by atoms with Gasteiger partial charge in [-0.1, -0.05) is 41.9 Å². The minimum atomic E-state index is 0.164. The normalized spacial score (nSPS) is 10.3. The summed E-state index contributed by atoms with van der Waals surface area (Å²) in [6.45, 7) is 0. The second-order valence-electron chi connectivity index (χ2n) is 3.70. The van der Waals surface area contributed by atoms with Gasteiger partial charge in [-0.3, -0.25) is 4.79 Å². The molecule has 2 aromatic rings. The van der Waals surface area contributed by atoms with E-state index < -0.39 is 0 Å². The average molecular weight is 278 g/mol. The highest BCUT2D eigenvalue weighted by atomic mass is 35.5. The molecule has 1 heterocycles. The number of thioether (sulfide) groups is 1. The first-order chi connectivity index (χ1) is 8.75. The predicted octanol–water partition coefficient (Wildman–Crippen LogP) is 4.10. The molecule has 0 atom stereocenters. The Morgan fingerprint density at radius 2 is 1.94 bits per heavy atom. The van der Waals surface area contributed by atoms with Crippen molar-refractivity contribution in [3.05, 3.63) is 59.2 Å². The molecule has 0 radical (unpaired) electrons. The van der Waals surface area contributed by atoms with Crippen molar-refractivity contribution in [1.82, 2.24) is 4.98 Å². The van der Waals surface area contributed by atoms with Gasteiger partial charge in [0.1, 0.15) is 0 Å². The van der Waals surface area contributed by atoms with Crippen molar-refractivity contribution in [2.24, 2.45) is 0 Å². The molecule has 0 amide bonds. The van der Waals surface area contributed by atoms with Gasteiger partial charge in [-0.15, -0.1) is 11.8 Å². The third-order valence-corrected chi connectivity index (χ3v) is 3.54. The molecule has 0 unspecified atom stereocenters. The topological polar surface area (TPSA) is 30.0 Å². The third-order valence-electron chi connectivity index (χ3n) is 2.38. The molecule has 1 aromatic carbocycles. The first-order valence-corrected chi connectivity index (χ1v) is 6.94. The molecule has 2 nitrogen and oxygen atoms in total. The van der Waals surface area contributed by atoms with Crippen LogP contribution in [0.15, 0.2) is 53.7 Å². The summed E-state index contributed by atoms with van der Waals surface area (Å²) in [7, 11) is 0. The lowest BCUT2D eigenvalue weighted by molar-refractivity contribution is 0.0989. The Bertz CT molecular complexity index is 513. The molecule has 0 saturated carbocycles. The summed E-state index contributed by atoms with van der Waals surface area (Å²) in [6.07, 6.45) is 2.13. The molecule has 0 fully saturated rings. The third kappa shape index (κ3) is 3.86. The van der Waals surface area contributed by atoms with E-state index in [2.05, 4.69) is 4.98 Å². The minimum Gasteiger partial charge on any atom is -0.294 e. The SMILES string of the molecule is O=C(CCSc1ccc(Cl)cn1)c1ccccc1. The fourth-order valence-corrected chi connectivity index (χ4v) is 2.36. The van der Waals surface area contributed by atoms with Crippen molar-refractivity contribution >= 4 is 29.1 Å². The zero-order valence-corrected chi connectivity index (χ0v) is 11.2. The van der Waals surface area contributed by atoms with Crippen LogP contribution in [0.25, 0.3) is 0 Å². The smallest absolute Gasteiger partial charge is 0.163 e.